The maximum absolute atomic E-state index is 9.72. The van der Waals surface area contributed by atoms with E-state index in [0.717, 1.165) is 18.4 Å². The van der Waals surface area contributed by atoms with Crippen molar-refractivity contribution in [1.82, 2.24) is 0 Å². The minimum Gasteiger partial charge on any atom is -0.504 e. The van der Waals surface area contributed by atoms with Crippen molar-refractivity contribution < 1.29 is 9.84 Å². The summed E-state index contributed by atoms with van der Waals surface area (Å²) in [4.78, 5) is 0. The molecule has 2 rings (SSSR count). The molecular formula is C16H18O2. The van der Waals surface area contributed by atoms with Gasteiger partial charge >= 0.3 is 0 Å². The Kier molecular flexibility index (Phi) is 3.88. The molecule has 2 heteroatoms. The minimum absolute atomic E-state index is 0.208. The number of methoxy groups -OCH3 is 1. The van der Waals surface area contributed by atoms with Gasteiger partial charge in [-0.2, -0.15) is 0 Å². The van der Waals surface area contributed by atoms with Gasteiger partial charge in [-0.15, -0.1) is 0 Å². The number of hydrogen-bond acceptors (Lipinski definition) is 2. The average molecular weight is 242 g/mol. The van der Waals surface area contributed by atoms with Gasteiger partial charge in [-0.1, -0.05) is 30.3 Å². The van der Waals surface area contributed by atoms with Gasteiger partial charge in [0.25, 0.3) is 0 Å². The summed E-state index contributed by atoms with van der Waals surface area (Å²) in [5.41, 5.74) is 3.79. The fraction of sp³-hybridized carbons (Fsp3) is 0.250. The summed E-state index contributed by atoms with van der Waals surface area (Å²) in [7, 11) is 1.56. The molecule has 0 aliphatic rings. The summed E-state index contributed by atoms with van der Waals surface area (Å²) in [5.74, 6) is 0.731. The molecule has 0 aliphatic heterocycles. The van der Waals surface area contributed by atoms with E-state index in [2.05, 4.69) is 31.2 Å². The van der Waals surface area contributed by atoms with Crippen LogP contribution in [0.25, 0.3) is 0 Å². The number of hydrogen-bond donors (Lipinski definition) is 1. The van der Waals surface area contributed by atoms with Crippen molar-refractivity contribution in [2.45, 2.75) is 19.8 Å². The number of aromatic hydroxyl groups is 1. The highest BCUT2D eigenvalue weighted by molar-refractivity contribution is 5.42. The van der Waals surface area contributed by atoms with Crippen LogP contribution in [0.1, 0.15) is 16.7 Å². The van der Waals surface area contributed by atoms with Gasteiger partial charge in [-0.3, -0.25) is 0 Å². The van der Waals surface area contributed by atoms with Gasteiger partial charge < -0.3 is 9.84 Å². The summed E-state index contributed by atoms with van der Waals surface area (Å²) >= 11 is 0. The highest BCUT2D eigenvalue weighted by Gasteiger charge is 2.03. The van der Waals surface area contributed by atoms with Crippen LogP contribution < -0.4 is 4.74 Å². The molecule has 2 nitrogen and oxygen atoms in total. The van der Waals surface area contributed by atoms with Gasteiger partial charge in [0.05, 0.1) is 7.11 Å². The molecule has 2 aromatic rings. The molecule has 18 heavy (non-hydrogen) atoms. The lowest BCUT2D eigenvalue weighted by Gasteiger charge is -2.08. The molecule has 0 bridgehead atoms. The topological polar surface area (TPSA) is 29.5 Å². The van der Waals surface area contributed by atoms with Crippen LogP contribution in [0.15, 0.2) is 42.5 Å². The van der Waals surface area contributed by atoms with Crippen molar-refractivity contribution in [3.05, 3.63) is 59.2 Å². The smallest absolute Gasteiger partial charge is 0.160 e. The van der Waals surface area contributed by atoms with Crippen LogP contribution in [0.2, 0.25) is 0 Å². The quantitative estimate of drug-likeness (QED) is 0.889. The van der Waals surface area contributed by atoms with Crippen molar-refractivity contribution in [2.75, 3.05) is 7.11 Å². The van der Waals surface area contributed by atoms with E-state index in [0.29, 0.717) is 5.75 Å². The number of ether oxygens (including phenoxy) is 1. The molecule has 0 spiro atoms. The first kappa shape index (κ1) is 12.5. The summed E-state index contributed by atoms with van der Waals surface area (Å²) in [6, 6.07) is 14.0. The Morgan fingerprint density at radius 1 is 1.06 bits per heavy atom. The van der Waals surface area contributed by atoms with Crippen LogP contribution in [-0.4, -0.2) is 12.2 Å². The monoisotopic (exact) mass is 242 g/mol. The van der Waals surface area contributed by atoms with E-state index in [1.807, 2.05) is 12.1 Å². The maximum atomic E-state index is 9.72. The lowest BCUT2D eigenvalue weighted by molar-refractivity contribution is 0.373. The first-order valence-electron chi connectivity index (χ1n) is 6.11. The molecule has 0 saturated heterocycles. The van der Waals surface area contributed by atoms with E-state index in [4.69, 9.17) is 4.74 Å². The summed E-state index contributed by atoms with van der Waals surface area (Å²) in [6.45, 7) is 2.13. The zero-order valence-corrected chi connectivity index (χ0v) is 10.8. The number of phenols is 1. The SMILES string of the molecule is COc1ccc(CCc2ccccc2C)cc1O. The highest BCUT2D eigenvalue weighted by atomic mass is 16.5. The second-order valence-electron chi connectivity index (χ2n) is 4.43. The number of rotatable bonds is 4. The molecule has 0 aliphatic carbocycles. The van der Waals surface area contributed by atoms with E-state index >= 15 is 0 Å². The fourth-order valence-electron chi connectivity index (χ4n) is 2.06. The molecule has 0 unspecified atom stereocenters. The Balaban J connectivity index is 2.07. The van der Waals surface area contributed by atoms with Gasteiger partial charge in [-0.05, 0) is 48.6 Å². The Morgan fingerprint density at radius 3 is 2.50 bits per heavy atom. The van der Waals surface area contributed by atoms with E-state index in [1.54, 1.807) is 13.2 Å². The van der Waals surface area contributed by atoms with Crippen molar-refractivity contribution in [3.8, 4) is 11.5 Å². The van der Waals surface area contributed by atoms with Gasteiger partial charge in [0.1, 0.15) is 0 Å². The van der Waals surface area contributed by atoms with Crippen LogP contribution >= 0.6 is 0 Å². The molecule has 1 N–H and O–H groups in total. The molecule has 0 atom stereocenters. The predicted octanol–water partition coefficient (Wildman–Crippen LogP) is 3.49. The third kappa shape index (κ3) is 2.83. The third-order valence-corrected chi connectivity index (χ3v) is 3.19. The van der Waals surface area contributed by atoms with Crippen molar-refractivity contribution in [1.29, 1.82) is 0 Å². The third-order valence-electron chi connectivity index (χ3n) is 3.19. The normalized spacial score (nSPS) is 10.3. The lowest BCUT2D eigenvalue weighted by atomic mass is 10.0. The van der Waals surface area contributed by atoms with Gasteiger partial charge in [0, 0.05) is 0 Å². The van der Waals surface area contributed by atoms with Crippen LogP contribution in [0.4, 0.5) is 0 Å². The Morgan fingerprint density at radius 2 is 1.83 bits per heavy atom. The number of phenolic OH excluding ortho intramolecular Hbond substituents is 1. The minimum atomic E-state index is 0.208. The summed E-state index contributed by atoms with van der Waals surface area (Å²) < 4.78 is 5.03. The van der Waals surface area contributed by atoms with E-state index in [9.17, 15) is 5.11 Å². The molecule has 0 heterocycles. The Bertz CT molecular complexity index is 532. The molecular weight excluding hydrogens is 224 g/mol. The predicted molar refractivity (Wildman–Crippen MR) is 73.2 cm³/mol. The highest BCUT2D eigenvalue weighted by Crippen LogP contribution is 2.26. The second-order valence-corrected chi connectivity index (χ2v) is 4.43. The van der Waals surface area contributed by atoms with E-state index in [-0.39, 0.29) is 5.75 Å². The van der Waals surface area contributed by atoms with Gasteiger partial charge in [0.2, 0.25) is 0 Å². The maximum Gasteiger partial charge on any atom is 0.160 e. The molecule has 2 aromatic carbocycles. The average Bonchev–Trinajstić information content (AvgIpc) is 2.38. The molecule has 0 aromatic heterocycles. The first-order valence-corrected chi connectivity index (χ1v) is 6.11. The summed E-state index contributed by atoms with van der Waals surface area (Å²) in [5, 5.41) is 9.72. The van der Waals surface area contributed by atoms with Gasteiger partial charge in [0.15, 0.2) is 11.5 Å². The summed E-state index contributed by atoms with van der Waals surface area (Å²) in [6.07, 6.45) is 1.90. The van der Waals surface area contributed by atoms with Crippen LogP contribution in [-0.2, 0) is 12.8 Å². The van der Waals surface area contributed by atoms with Crippen LogP contribution in [0.5, 0.6) is 11.5 Å². The van der Waals surface area contributed by atoms with E-state index in [1.165, 1.54) is 11.1 Å². The van der Waals surface area contributed by atoms with Crippen molar-refractivity contribution >= 4 is 0 Å². The zero-order chi connectivity index (χ0) is 13.0. The fourth-order valence-corrected chi connectivity index (χ4v) is 2.06. The van der Waals surface area contributed by atoms with Crippen molar-refractivity contribution in [2.24, 2.45) is 0 Å². The Hall–Kier alpha value is -1.96. The number of aryl methyl sites for hydroxylation is 3. The molecule has 94 valence electrons. The standard InChI is InChI=1S/C16H18O2/c1-12-5-3-4-6-14(12)9-7-13-8-10-16(18-2)15(17)11-13/h3-6,8,10-11,17H,7,9H2,1-2H3. The first-order chi connectivity index (χ1) is 8.70. The van der Waals surface area contributed by atoms with Crippen molar-refractivity contribution in [3.63, 3.8) is 0 Å². The lowest BCUT2D eigenvalue weighted by Crippen LogP contribution is -1.94. The van der Waals surface area contributed by atoms with Crippen LogP contribution in [0, 0.1) is 6.92 Å². The second kappa shape index (κ2) is 5.58. The Labute approximate surface area is 108 Å². The molecule has 0 amide bonds. The molecule has 0 saturated carbocycles. The van der Waals surface area contributed by atoms with Crippen LogP contribution in [0.3, 0.4) is 0 Å². The largest absolute Gasteiger partial charge is 0.504 e. The van der Waals surface area contributed by atoms with E-state index < -0.39 is 0 Å². The number of benzene rings is 2. The zero-order valence-electron chi connectivity index (χ0n) is 10.8. The van der Waals surface area contributed by atoms with Gasteiger partial charge in [-0.25, -0.2) is 0 Å². The molecule has 0 radical (unpaired) electrons. The molecule has 0 fully saturated rings.